The zero-order chi connectivity index (χ0) is 12.6. The maximum atomic E-state index is 5.57. The summed E-state index contributed by atoms with van der Waals surface area (Å²) in [6, 6.07) is 17.7. The standard InChI is InChI=1S/C16H16O2/c1-17-16-11-5-7-14(13-16)8-6-12-18-15-9-3-2-4-10-15/h2-11,13H,12H2,1H3/b8-6+. The molecule has 0 saturated heterocycles. The van der Waals surface area contributed by atoms with Crippen molar-refractivity contribution in [2.24, 2.45) is 0 Å². The van der Waals surface area contributed by atoms with Crippen molar-refractivity contribution in [3.8, 4) is 11.5 Å². The van der Waals surface area contributed by atoms with Gasteiger partial charge >= 0.3 is 0 Å². The molecular formula is C16H16O2. The second kappa shape index (κ2) is 6.50. The van der Waals surface area contributed by atoms with E-state index in [1.54, 1.807) is 7.11 Å². The van der Waals surface area contributed by atoms with Crippen LogP contribution in [0.3, 0.4) is 0 Å². The number of hydrogen-bond acceptors (Lipinski definition) is 2. The largest absolute Gasteiger partial charge is 0.497 e. The summed E-state index contributed by atoms with van der Waals surface area (Å²) in [5.41, 5.74) is 1.10. The highest BCUT2D eigenvalue weighted by Gasteiger charge is 1.91. The number of rotatable bonds is 5. The predicted molar refractivity (Wildman–Crippen MR) is 74.0 cm³/mol. The molecule has 0 amide bonds. The van der Waals surface area contributed by atoms with Crippen molar-refractivity contribution in [3.63, 3.8) is 0 Å². The van der Waals surface area contributed by atoms with Crippen LogP contribution in [0.5, 0.6) is 11.5 Å². The lowest BCUT2D eigenvalue weighted by atomic mass is 10.2. The SMILES string of the molecule is COc1cccc(/C=C/COc2ccccc2)c1. The second-order valence-electron chi connectivity index (χ2n) is 3.80. The molecular weight excluding hydrogens is 224 g/mol. The summed E-state index contributed by atoms with van der Waals surface area (Å²) in [5, 5.41) is 0. The molecule has 0 aliphatic carbocycles. The lowest BCUT2D eigenvalue weighted by molar-refractivity contribution is 0.363. The van der Waals surface area contributed by atoms with Gasteiger partial charge in [0.05, 0.1) is 7.11 Å². The Hall–Kier alpha value is -2.22. The molecule has 18 heavy (non-hydrogen) atoms. The fourth-order valence-corrected chi connectivity index (χ4v) is 1.59. The summed E-state index contributed by atoms with van der Waals surface area (Å²) in [5.74, 6) is 1.74. The molecule has 0 bridgehead atoms. The van der Waals surface area contributed by atoms with Crippen LogP contribution in [-0.4, -0.2) is 13.7 Å². The normalized spacial score (nSPS) is 10.5. The quantitative estimate of drug-likeness (QED) is 0.791. The van der Waals surface area contributed by atoms with Gasteiger partial charge in [-0.1, -0.05) is 36.4 Å². The van der Waals surface area contributed by atoms with Crippen LogP contribution in [-0.2, 0) is 0 Å². The number of methoxy groups -OCH3 is 1. The fraction of sp³-hybridized carbons (Fsp3) is 0.125. The third kappa shape index (κ3) is 3.67. The molecule has 2 heteroatoms. The summed E-state index contributed by atoms with van der Waals surface area (Å²) >= 11 is 0. The summed E-state index contributed by atoms with van der Waals surface area (Å²) < 4.78 is 10.7. The fourth-order valence-electron chi connectivity index (χ4n) is 1.59. The smallest absolute Gasteiger partial charge is 0.119 e. The Morgan fingerprint density at radius 1 is 0.944 bits per heavy atom. The average Bonchev–Trinajstić information content (AvgIpc) is 2.45. The average molecular weight is 240 g/mol. The third-order valence-corrected chi connectivity index (χ3v) is 2.49. The maximum Gasteiger partial charge on any atom is 0.119 e. The number of para-hydroxylation sites is 1. The Kier molecular flexibility index (Phi) is 4.42. The molecule has 0 aliphatic heterocycles. The van der Waals surface area contributed by atoms with Gasteiger partial charge in [0.15, 0.2) is 0 Å². The number of ether oxygens (including phenoxy) is 2. The van der Waals surface area contributed by atoms with E-state index < -0.39 is 0 Å². The maximum absolute atomic E-state index is 5.57. The number of benzene rings is 2. The molecule has 0 aliphatic rings. The van der Waals surface area contributed by atoms with E-state index in [4.69, 9.17) is 9.47 Å². The zero-order valence-electron chi connectivity index (χ0n) is 10.4. The Morgan fingerprint density at radius 3 is 2.50 bits per heavy atom. The Morgan fingerprint density at radius 2 is 1.72 bits per heavy atom. The summed E-state index contributed by atoms with van der Waals surface area (Å²) in [6.07, 6.45) is 4.01. The van der Waals surface area contributed by atoms with Crippen molar-refractivity contribution in [2.75, 3.05) is 13.7 Å². The van der Waals surface area contributed by atoms with Gasteiger partial charge in [-0.05, 0) is 35.9 Å². The second-order valence-corrected chi connectivity index (χ2v) is 3.80. The first-order valence-electron chi connectivity index (χ1n) is 5.87. The van der Waals surface area contributed by atoms with E-state index in [1.807, 2.05) is 66.7 Å². The highest BCUT2D eigenvalue weighted by atomic mass is 16.5. The van der Waals surface area contributed by atoms with Crippen LogP contribution in [0.25, 0.3) is 6.08 Å². The molecule has 0 aromatic heterocycles. The Balaban J connectivity index is 1.87. The molecule has 2 rings (SSSR count). The molecule has 2 aromatic carbocycles. The molecule has 0 N–H and O–H groups in total. The predicted octanol–water partition coefficient (Wildman–Crippen LogP) is 3.79. The topological polar surface area (TPSA) is 18.5 Å². The van der Waals surface area contributed by atoms with E-state index in [1.165, 1.54) is 0 Å². The van der Waals surface area contributed by atoms with Gasteiger partial charge in [0.25, 0.3) is 0 Å². The van der Waals surface area contributed by atoms with Crippen molar-refractivity contribution in [1.82, 2.24) is 0 Å². The van der Waals surface area contributed by atoms with E-state index in [-0.39, 0.29) is 0 Å². The minimum absolute atomic E-state index is 0.557. The van der Waals surface area contributed by atoms with E-state index in [0.29, 0.717) is 6.61 Å². The molecule has 92 valence electrons. The van der Waals surface area contributed by atoms with Gasteiger partial charge in [-0.15, -0.1) is 0 Å². The van der Waals surface area contributed by atoms with Crippen molar-refractivity contribution < 1.29 is 9.47 Å². The van der Waals surface area contributed by atoms with E-state index >= 15 is 0 Å². The first kappa shape index (κ1) is 12.2. The highest BCUT2D eigenvalue weighted by molar-refractivity contribution is 5.51. The summed E-state index contributed by atoms with van der Waals surface area (Å²) in [4.78, 5) is 0. The van der Waals surface area contributed by atoms with Crippen LogP contribution in [0.2, 0.25) is 0 Å². The first-order valence-corrected chi connectivity index (χ1v) is 5.87. The van der Waals surface area contributed by atoms with E-state index in [2.05, 4.69) is 0 Å². The lowest BCUT2D eigenvalue weighted by Gasteiger charge is -2.02. The molecule has 0 spiro atoms. The lowest BCUT2D eigenvalue weighted by Crippen LogP contribution is -1.92. The Bertz CT molecular complexity index is 504. The zero-order valence-corrected chi connectivity index (χ0v) is 10.4. The molecule has 2 nitrogen and oxygen atoms in total. The number of hydrogen-bond donors (Lipinski definition) is 0. The minimum atomic E-state index is 0.557. The molecule has 2 aromatic rings. The van der Waals surface area contributed by atoms with Gasteiger partial charge in [0, 0.05) is 0 Å². The van der Waals surface area contributed by atoms with Gasteiger partial charge in [-0.3, -0.25) is 0 Å². The third-order valence-electron chi connectivity index (χ3n) is 2.49. The van der Waals surface area contributed by atoms with Gasteiger partial charge in [-0.2, -0.15) is 0 Å². The summed E-state index contributed by atoms with van der Waals surface area (Å²) in [6.45, 7) is 0.557. The Labute approximate surface area is 107 Å². The molecule has 0 fully saturated rings. The monoisotopic (exact) mass is 240 g/mol. The molecule has 0 atom stereocenters. The summed E-state index contributed by atoms with van der Waals surface area (Å²) in [7, 11) is 1.67. The van der Waals surface area contributed by atoms with Crippen molar-refractivity contribution in [2.45, 2.75) is 0 Å². The highest BCUT2D eigenvalue weighted by Crippen LogP contribution is 2.14. The van der Waals surface area contributed by atoms with Crippen LogP contribution < -0.4 is 9.47 Å². The van der Waals surface area contributed by atoms with Gasteiger partial charge in [-0.25, -0.2) is 0 Å². The molecule has 0 heterocycles. The van der Waals surface area contributed by atoms with Gasteiger partial charge < -0.3 is 9.47 Å². The molecule has 0 saturated carbocycles. The minimum Gasteiger partial charge on any atom is -0.497 e. The van der Waals surface area contributed by atoms with Crippen molar-refractivity contribution in [3.05, 3.63) is 66.2 Å². The van der Waals surface area contributed by atoms with Crippen LogP contribution in [0.4, 0.5) is 0 Å². The van der Waals surface area contributed by atoms with Gasteiger partial charge in [0.2, 0.25) is 0 Å². The van der Waals surface area contributed by atoms with Crippen molar-refractivity contribution in [1.29, 1.82) is 0 Å². The van der Waals surface area contributed by atoms with Crippen LogP contribution in [0.1, 0.15) is 5.56 Å². The first-order chi connectivity index (χ1) is 8.88. The van der Waals surface area contributed by atoms with E-state index in [0.717, 1.165) is 17.1 Å². The van der Waals surface area contributed by atoms with Crippen LogP contribution >= 0.6 is 0 Å². The van der Waals surface area contributed by atoms with E-state index in [9.17, 15) is 0 Å². The van der Waals surface area contributed by atoms with Gasteiger partial charge in [0.1, 0.15) is 18.1 Å². The molecule has 0 unspecified atom stereocenters. The van der Waals surface area contributed by atoms with Crippen molar-refractivity contribution >= 4 is 6.08 Å². The van der Waals surface area contributed by atoms with Crippen LogP contribution in [0, 0.1) is 0 Å². The molecule has 0 radical (unpaired) electrons. The van der Waals surface area contributed by atoms with Crippen LogP contribution in [0.15, 0.2) is 60.7 Å².